The lowest BCUT2D eigenvalue weighted by molar-refractivity contribution is 0.0926. The van der Waals surface area contributed by atoms with Crippen LogP contribution in [0.1, 0.15) is 40.7 Å². The van der Waals surface area contributed by atoms with Gasteiger partial charge in [-0.1, -0.05) is 32.0 Å². The van der Waals surface area contributed by atoms with E-state index in [1.165, 1.54) is 18.5 Å². The number of aromatic nitrogens is 3. The third-order valence-corrected chi connectivity index (χ3v) is 7.41. The highest BCUT2D eigenvalue weighted by atomic mass is 32.1. The van der Waals surface area contributed by atoms with Crippen LogP contribution in [-0.4, -0.2) is 20.9 Å². The van der Waals surface area contributed by atoms with E-state index in [4.69, 9.17) is 5.73 Å². The standard InChI is InChI=1S/C29H27FN6OS/c1-17(2)26(18-5-8-20(30)9-6-18)36-29(37)22-4-3-13-32-28(22)33-15-21-10-12-25(38-21)19-7-11-24-23(14-19)27(31)35-16-34-24/h3-14,16-17,26H,15H2,1-2H3,(H,32,33)(H,36,37)(H2,31,34,35). The van der Waals surface area contributed by atoms with Crippen LogP contribution in [0.15, 0.2) is 79.3 Å². The van der Waals surface area contributed by atoms with Crippen molar-refractivity contribution in [3.63, 3.8) is 0 Å². The van der Waals surface area contributed by atoms with Crippen molar-refractivity contribution in [2.45, 2.75) is 26.4 Å². The normalized spacial score (nSPS) is 12.0. The molecular weight excluding hydrogens is 499 g/mol. The maximum Gasteiger partial charge on any atom is 0.255 e. The number of hydrogen-bond donors (Lipinski definition) is 3. The summed E-state index contributed by atoms with van der Waals surface area (Å²) in [6, 6.07) is 19.5. The Balaban J connectivity index is 1.30. The lowest BCUT2D eigenvalue weighted by atomic mass is 9.95. The van der Waals surface area contributed by atoms with Crippen molar-refractivity contribution in [3.8, 4) is 10.4 Å². The number of rotatable bonds is 8. The Bertz CT molecular complexity index is 1580. The first-order valence-corrected chi connectivity index (χ1v) is 13.0. The Hall–Kier alpha value is -4.37. The lowest BCUT2D eigenvalue weighted by Gasteiger charge is -2.23. The van der Waals surface area contributed by atoms with Gasteiger partial charge in [0.05, 0.1) is 23.7 Å². The fourth-order valence-corrected chi connectivity index (χ4v) is 5.23. The van der Waals surface area contributed by atoms with Crippen LogP contribution in [-0.2, 0) is 6.54 Å². The first-order valence-electron chi connectivity index (χ1n) is 12.2. The topological polar surface area (TPSA) is 106 Å². The number of nitrogen functional groups attached to an aromatic ring is 1. The SMILES string of the molecule is CC(C)C(NC(=O)c1cccnc1NCc1ccc(-c2ccc3ncnc(N)c3c2)s1)c1ccc(F)cc1. The van der Waals surface area contributed by atoms with E-state index in [1.54, 1.807) is 41.8 Å². The number of amides is 1. The Morgan fingerprint density at radius 2 is 1.84 bits per heavy atom. The molecule has 3 heterocycles. The van der Waals surface area contributed by atoms with Gasteiger partial charge in [0.25, 0.3) is 5.91 Å². The highest BCUT2D eigenvalue weighted by Crippen LogP contribution is 2.32. The van der Waals surface area contributed by atoms with Gasteiger partial charge < -0.3 is 16.4 Å². The number of anilines is 2. The third-order valence-electron chi connectivity index (χ3n) is 6.28. The zero-order valence-corrected chi connectivity index (χ0v) is 21.8. The van der Waals surface area contributed by atoms with Crippen molar-refractivity contribution >= 4 is 39.8 Å². The van der Waals surface area contributed by atoms with Gasteiger partial charge in [-0.25, -0.2) is 19.3 Å². The fraction of sp³-hybridized carbons (Fsp3) is 0.172. The van der Waals surface area contributed by atoms with Crippen molar-refractivity contribution in [2.75, 3.05) is 11.1 Å². The molecule has 0 aliphatic heterocycles. The number of nitrogens with one attached hydrogen (secondary N) is 2. The minimum atomic E-state index is -0.308. The van der Waals surface area contributed by atoms with Gasteiger partial charge >= 0.3 is 0 Å². The van der Waals surface area contributed by atoms with Gasteiger partial charge in [0, 0.05) is 21.3 Å². The number of carbonyl (C=O) groups excluding carboxylic acids is 1. The summed E-state index contributed by atoms with van der Waals surface area (Å²) in [6.45, 7) is 4.54. The number of benzene rings is 2. The molecule has 0 spiro atoms. The molecule has 3 aromatic heterocycles. The molecule has 0 saturated heterocycles. The van der Waals surface area contributed by atoms with E-state index < -0.39 is 0 Å². The first kappa shape index (κ1) is 25.3. The number of carbonyl (C=O) groups is 1. The van der Waals surface area contributed by atoms with E-state index in [0.717, 1.165) is 31.8 Å². The van der Waals surface area contributed by atoms with E-state index >= 15 is 0 Å². The van der Waals surface area contributed by atoms with Gasteiger partial charge in [-0.05, 0) is 65.6 Å². The molecule has 9 heteroatoms. The van der Waals surface area contributed by atoms with Crippen LogP contribution in [0, 0.1) is 11.7 Å². The van der Waals surface area contributed by atoms with E-state index in [1.807, 2.05) is 38.1 Å². The highest BCUT2D eigenvalue weighted by Gasteiger charge is 2.21. The first-order chi connectivity index (χ1) is 18.4. The molecular formula is C29H27FN6OS. The summed E-state index contributed by atoms with van der Waals surface area (Å²) < 4.78 is 13.4. The molecule has 1 unspecified atom stereocenters. The molecule has 7 nitrogen and oxygen atoms in total. The summed E-state index contributed by atoms with van der Waals surface area (Å²) in [7, 11) is 0. The van der Waals surface area contributed by atoms with E-state index in [2.05, 4.69) is 31.7 Å². The second-order valence-electron chi connectivity index (χ2n) is 9.26. The minimum Gasteiger partial charge on any atom is -0.383 e. The van der Waals surface area contributed by atoms with Crippen LogP contribution in [0.2, 0.25) is 0 Å². The average Bonchev–Trinajstić information content (AvgIpc) is 3.40. The van der Waals surface area contributed by atoms with Crippen LogP contribution in [0.5, 0.6) is 0 Å². The van der Waals surface area contributed by atoms with E-state index in [0.29, 0.717) is 23.7 Å². The Morgan fingerprint density at radius 3 is 2.63 bits per heavy atom. The van der Waals surface area contributed by atoms with Gasteiger partial charge in [0.2, 0.25) is 0 Å². The average molecular weight is 527 g/mol. The molecule has 1 amide bonds. The van der Waals surface area contributed by atoms with Crippen molar-refractivity contribution in [3.05, 3.63) is 101 Å². The predicted molar refractivity (Wildman–Crippen MR) is 150 cm³/mol. The molecule has 5 aromatic rings. The Morgan fingerprint density at radius 1 is 1.03 bits per heavy atom. The van der Waals surface area contributed by atoms with Crippen LogP contribution in [0.25, 0.3) is 21.3 Å². The molecule has 2 aromatic carbocycles. The van der Waals surface area contributed by atoms with Crippen molar-refractivity contribution in [1.29, 1.82) is 0 Å². The molecule has 4 N–H and O–H groups in total. The molecule has 5 rings (SSSR count). The summed E-state index contributed by atoms with van der Waals surface area (Å²) in [5.41, 5.74) is 9.17. The summed E-state index contributed by atoms with van der Waals surface area (Å²) in [5.74, 6) is 0.509. The number of hydrogen-bond acceptors (Lipinski definition) is 7. The van der Waals surface area contributed by atoms with Gasteiger partial charge in [0.15, 0.2) is 0 Å². The Labute approximate surface area is 224 Å². The Kier molecular flexibility index (Phi) is 7.28. The summed E-state index contributed by atoms with van der Waals surface area (Å²) >= 11 is 1.64. The largest absolute Gasteiger partial charge is 0.383 e. The van der Waals surface area contributed by atoms with Gasteiger partial charge in [-0.3, -0.25) is 4.79 Å². The monoisotopic (exact) mass is 526 g/mol. The van der Waals surface area contributed by atoms with E-state index in [-0.39, 0.29) is 23.7 Å². The number of fused-ring (bicyclic) bond motifs is 1. The van der Waals surface area contributed by atoms with Crippen molar-refractivity contribution in [1.82, 2.24) is 20.3 Å². The molecule has 1 atom stereocenters. The summed E-state index contributed by atoms with van der Waals surface area (Å²) in [6.07, 6.45) is 3.12. The highest BCUT2D eigenvalue weighted by molar-refractivity contribution is 7.15. The van der Waals surface area contributed by atoms with Gasteiger partial charge in [0.1, 0.15) is 23.8 Å². The van der Waals surface area contributed by atoms with Crippen molar-refractivity contribution < 1.29 is 9.18 Å². The maximum atomic E-state index is 13.4. The lowest BCUT2D eigenvalue weighted by Crippen LogP contribution is -2.32. The van der Waals surface area contributed by atoms with Gasteiger partial charge in [-0.2, -0.15) is 0 Å². The number of pyridine rings is 1. The molecule has 38 heavy (non-hydrogen) atoms. The number of halogens is 1. The van der Waals surface area contributed by atoms with E-state index in [9.17, 15) is 9.18 Å². The zero-order chi connectivity index (χ0) is 26.6. The second-order valence-corrected chi connectivity index (χ2v) is 10.4. The summed E-state index contributed by atoms with van der Waals surface area (Å²) in [5, 5.41) is 7.23. The van der Waals surface area contributed by atoms with Gasteiger partial charge in [-0.15, -0.1) is 11.3 Å². The summed E-state index contributed by atoms with van der Waals surface area (Å²) in [4.78, 5) is 28.2. The molecule has 0 saturated carbocycles. The molecule has 0 aliphatic carbocycles. The number of thiophene rings is 1. The van der Waals surface area contributed by atoms with Crippen LogP contribution >= 0.6 is 11.3 Å². The second kappa shape index (κ2) is 10.9. The van der Waals surface area contributed by atoms with Crippen LogP contribution in [0.3, 0.4) is 0 Å². The molecule has 0 aliphatic rings. The molecule has 0 fully saturated rings. The fourth-order valence-electron chi connectivity index (χ4n) is 4.28. The number of nitrogens with two attached hydrogens (primary N) is 1. The number of nitrogens with zero attached hydrogens (tertiary/aromatic N) is 3. The van der Waals surface area contributed by atoms with Crippen molar-refractivity contribution in [2.24, 2.45) is 5.92 Å². The maximum absolute atomic E-state index is 13.4. The van der Waals surface area contributed by atoms with Crippen LogP contribution < -0.4 is 16.4 Å². The predicted octanol–water partition coefficient (Wildman–Crippen LogP) is 6.21. The molecule has 0 bridgehead atoms. The van der Waals surface area contributed by atoms with Crippen LogP contribution in [0.4, 0.5) is 16.0 Å². The molecule has 0 radical (unpaired) electrons. The molecule has 192 valence electrons. The zero-order valence-electron chi connectivity index (χ0n) is 21.0. The minimum absolute atomic E-state index is 0.110. The smallest absolute Gasteiger partial charge is 0.255 e. The third kappa shape index (κ3) is 5.47. The quantitative estimate of drug-likeness (QED) is 0.222.